The fraction of sp³-hybridized carbons (Fsp3) is 0.667. The number of amides is 2. The standard InChI is InChI=1S/C12H22N8O2/c13-11-17-9(21)7-19(11)5-3-15-1-2-16-4-6-20-8-10(22)18-12(20)14/h15-16H,1-8H2,(H2,13,17,21)(H2,14,18,22). The number of carbonyl (C=O) groups is 2. The summed E-state index contributed by atoms with van der Waals surface area (Å²) in [6.07, 6.45) is 0. The fourth-order valence-electron chi connectivity index (χ4n) is 2.22. The molecule has 10 heteroatoms. The van der Waals surface area contributed by atoms with Crippen molar-refractivity contribution in [2.45, 2.75) is 0 Å². The highest BCUT2D eigenvalue weighted by Crippen LogP contribution is 1.97. The molecule has 22 heavy (non-hydrogen) atoms. The van der Waals surface area contributed by atoms with E-state index in [4.69, 9.17) is 11.1 Å². The van der Waals surface area contributed by atoms with Crippen molar-refractivity contribution in [2.75, 3.05) is 52.4 Å². The van der Waals surface area contributed by atoms with Crippen LogP contribution in [0.15, 0.2) is 4.99 Å². The van der Waals surface area contributed by atoms with Crippen LogP contribution >= 0.6 is 0 Å². The van der Waals surface area contributed by atoms with E-state index in [1.807, 2.05) is 0 Å². The lowest BCUT2D eigenvalue weighted by molar-refractivity contribution is -0.118. The summed E-state index contributed by atoms with van der Waals surface area (Å²) in [6, 6.07) is 0. The summed E-state index contributed by atoms with van der Waals surface area (Å²) in [7, 11) is 0. The van der Waals surface area contributed by atoms with Gasteiger partial charge in [0.2, 0.25) is 5.91 Å². The smallest absolute Gasteiger partial charge is 0.268 e. The number of nitrogens with zero attached hydrogens (tertiary/aromatic N) is 3. The molecule has 122 valence electrons. The highest BCUT2D eigenvalue weighted by atomic mass is 16.2. The van der Waals surface area contributed by atoms with E-state index in [0.29, 0.717) is 25.6 Å². The van der Waals surface area contributed by atoms with E-state index in [1.54, 1.807) is 9.80 Å². The molecule has 0 aromatic rings. The first kappa shape index (κ1) is 16.2. The molecule has 0 unspecified atom stereocenters. The first-order chi connectivity index (χ1) is 10.6. The second-order valence-corrected chi connectivity index (χ2v) is 5.10. The van der Waals surface area contributed by atoms with Crippen LogP contribution in [-0.4, -0.2) is 85.9 Å². The van der Waals surface area contributed by atoms with E-state index in [-0.39, 0.29) is 30.9 Å². The van der Waals surface area contributed by atoms with Crippen LogP contribution < -0.4 is 21.7 Å². The Kier molecular flexibility index (Phi) is 5.67. The van der Waals surface area contributed by atoms with Crippen LogP contribution in [0.1, 0.15) is 0 Å². The Morgan fingerprint density at radius 2 is 1.73 bits per heavy atom. The zero-order chi connectivity index (χ0) is 15.9. The van der Waals surface area contributed by atoms with E-state index in [0.717, 1.165) is 19.6 Å². The molecule has 1 saturated heterocycles. The van der Waals surface area contributed by atoms with Crippen molar-refractivity contribution in [3.8, 4) is 0 Å². The first-order valence-corrected chi connectivity index (χ1v) is 7.23. The highest BCUT2D eigenvalue weighted by Gasteiger charge is 2.22. The van der Waals surface area contributed by atoms with Gasteiger partial charge in [0.05, 0.1) is 0 Å². The van der Waals surface area contributed by atoms with Crippen molar-refractivity contribution in [1.29, 1.82) is 5.41 Å². The van der Waals surface area contributed by atoms with Crippen LogP contribution in [0.25, 0.3) is 0 Å². The van der Waals surface area contributed by atoms with Gasteiger partial charge in [-0.1, -0.05) is 0 Å². The Labute approximate surface area is 128 Å². The Hall–Kier alpha value is -2.20. The summed E-state index contributed by atoms with van der Waals surface area (Å²) in [6.45, 7) is 4.80. The summed E-state index contributed by atoms with van der Waals surface area (Å²) in [5.41, 5.74) is 5.59. The molecule has 1 fully saturated rings. The number of hydrogen-bond acceptors (Lipinski definition) is 7. The van der Waals surface area contributed by atoms with Gasteiger partial charge in [0, 0.05) is 39.3 Å². The second kappa shape index (κ2) is 7.71. The normalized spacial score (nSPS) is 18.2. The monoisotopic (exact) mass is 310 g/mol. The molecule has 0 aromatic heterocycles. The van der Waals surface area contributed by atoms with Gasteiger partial charge in [-0.2, -0.15) is 4.99 Å². The van der Waals surface area contributed by atoms with Crippen molar-refractivity contribution in [1.82, 2.24) is 25.8 Å². The van der Waals surface area contributed by atoms with Crippen LogP contribution in [0.5, 0.6) is 0 Å². The number of nitrogens with two attached hydrogens (primary N) is 1. The quantitative estimate of drug-likeness (QED) is 0.281. The van der Waals surface area contributed by atoms with Gasteiger partial charge in [0.25, 0.3) is 5.91 Å². The maximum Gasteiger partial charge on any atom is 0.268 e. The van der Waals surface area contributed by atoms with Crippen LogP contribution in [0.3, 0.4) is 0 Å². The van der Waals surface area contributed by atoms with E-state index in [9.17, 15) is 9.59 Å². The molecular formula is C12H22N8O2. The van der Waals surface area contributed by atoms with Gasteiger partial charge in [-0.3, -0.25) is 20.3 Å². The van der Waals surface area contributed by atoms with Gasteiger partial charge in [-0.05, 0) is 0 Å². The van der Waals surface area contributed by atoms with E-state index >= 15 is 0 Å². The van der Waals surface area contributed by atoms with E-state index < -0.39 is 0 Å². The number of rotatable bonds is 9. The molecule has 2 heterocycles. The van der Waals surface area contributed by atoms with E-state index in [2.05, 4.69) is 20.9 Å². The van der Waals surface area contributed by atoms with Gasteiger partial charge in [0.1, 0.15) is 13.1 Å². The summed E-state index contributed by atoms with van der Waals surface area (Å²) in [5, 5.41) is 16.5. The van der Waals surface area contributed by atoms with Crippen molar-refractivity contribution in [3.05, 3.63) is 0 Å². The minimum Gasteiger partial charge on any atom is -0.369 e. The molecule has 0 radical (unpaired) electrons. The van der Waals surface area contributed by atoms with Gasteiger partial charge < -0.3 is 26.2 Å². The molecular weight excluding hydrogens is 288 g/mol. The fourth-order valence-corrected chi connectivity index (χ4v) is 2.22. The van der Waals surface area contributed by atoms with Crippen molar-refractivity contribution >= 4 is 23.7 Å². The maximum atomic E-state index is 11.1. The minimum atomic E-state index is -0.195. The number of nitrogens with one attached hydrogen (secondary N) is 4. The number of guanidine groups is 2. The molecule has 10 nitrogen and oxygen atoms in total. The molecule has 2 aliphatic heterocycles. The maximum absolute atomic E-state index is 11.1. The Balaban J connectivity index is 1.43. The molecule has 6 N–H and O–H groups in total. The molecule has 0 bridgehead atoms. The summed E-state index contributed by atoms with van der Waals surface area (Å²) in [4.78, 5) is 29.2. The lowest BCUT2D eigenvalue weighted by Crippen LogP contribution is -2.41. The zero-order valence-corrected chi connectivity index (χ0v) is 12.4. The van der Waals surface area contributed by atoms with Crippen LogP contribution in [0.4, 0.5) is 0 Å². The van der Waals surface area contributed by atoms with Crippen molar-refractivity contribution in [3.63, 3.8) is 0 Å². The number of carbonyl (C=O) groups excluding carboxylic acids is 2. The van der Waals surface area contributed by atoms with Crippen LogP contribution in [-0.2, 0) is 9.59 Å². The predicted octanol–water partition coefficient (Wildman–Crippen LogP) is -3.31. The first-order valence-electron chi connectivity index (χ1n) is 7.23. The Morgan fingerprint density at radius 3 is 2.23 bits per heavy atom. The van der Waals surface area contributed by atoms with Crippen LogP contribution in [0.2, 0.25) is 0 Å². The van der Waals surface area contributed by atoms with Gasteiger partial charge in [-0.15, -0.1) is 0 Å². The molecule has 0 aromatic carbocycles. The van der Waals surface area contributed by atoms with Crippen LogP contribution in [0, 0.1) is 5.41 Å². The molecule has 0 saturated carbocycles. The van der Waals surface area contributed by atoms with Gasteiger partial charge in [-0.25, -0.2) is 0 Å². The molecule has 0 aliphatic carbocycles. The molecule has 0 atom stereocenters. The molecule has 2 aliphatic rings. The lowest BCUT2D eigenvalue weighted by Gasteiger charge is -2.17. The van der Waals surface area contributed by atoms with Crippen molar-refractivity contribution in [2.24, 2.45) is 10.7 Å². The third-order valence-corrected chi connectivity index (χ3v) is 3.39. The predicted molar refractivity (Wildman–Crippen MR) is 81.4 cm³/mol. The summed E-state index contributed by atoms with van der Waals surface area (Å²) in [5.74, 6) is 0.139. The third kappa shape index (κ3) is 4.67. The molecule has 0 spiro atoms. The van der Waals surface area contributed by atoms with E-state index in [1.165, 1.54) is 0 Å². The van der Waals surface area contributed by atoms with Gasteiger partial charge in [0.15, 0.2) is 11.9 Å². The Morgan fingerprint density at radius 1 is 1.09 bits per heavy atom. The largest absolute Gasteiger partial charge is 0.369 e. The minimum absolute atomic E-state index is 0.130. The summed E-state index contributed by atoms with van der Waals surface area (Å²) < 4.78 is 0. The molecule has 2 rings (SSSR count). The number of hydrogen-bond donors (Lipinski definition) is 5. The lowest BCUT2D eigenvalue weighted by atomic mass is 10.4. The second-order valence-electron chi connectivity index (χ2n) is 5.10. The zero-order valence-electron chi connectivity index (χ0n) is 12.4. The Bertz CT molecular complexity index is 470. The van der Waals surface area contributed by atoms with Crippen molar-refractivity contribution < 1.29 is 9.59 Å². The average Bonchev–Trinajstić information content (AvgIpc) is 2.94. The topological polar surface area (TPSA) is 139 Å². The average molecular weight is 310 g/mol. The SMILES string of the molecule is N=C1NC(=O)CN1CCNCCNCCN1CC(=O)N=C1N. The third-order valence-electron chi connectivity index (χ3n) is 3.39. The number of aliphatic imine (C=N–C) groups is 1. The van der Waals surface area contributed by atoms with Gasteiger partial charge >= 0.3 is 0 Å². The summed E-state index contributed by atoms with van der Waals surface area (Å²) >= 11 is 0. The highest BCUT2D eigenvalue weighted by molar-refractivity contribution is 6.02. The molecule has 2 amide bonds.